The molecule has 0 saturated heterocycles. The van der Waals surface area contributed by atoms with Gasteiger partial charge in [0.1, 0.15) is 5.75 Å². The van der Waals surface area contributed by atoms with Crippen LogP contribution in [0.3, 0.4) is 0 Å². The largest absolute Gasteiger partial charge is 0.506 e. The van der Waals surface area contributed by atoms with Crippen LogP contribution in [0, 0.1) is 6.92 Å². The number of rotatable bonds is 6. The van der Waals surface area contributed by atoms with E-state index in [2.05, 4.69) is 23.7 Å². The van der Waals surface area contributed by atoms with Crippen molar-refractivity contribution in [1.82, 2.24) is 4.98 Å². The number of benzene rings is 1. The average Bonchev–Trinajstić information content (AvgIpc) is 2.49. The number of hydrogen-bond acceptors (Lipinski definition) is 4. The summed E-state index contributed by atoms with van der Waals surface area (Å²) in [5.74, 6) is 1.94. The molecule has 1 aromatic carbocycles. The molecule has 2 aromatic rings. The van der Waals surface area contributed by atoms with Gasteiger partial charge in [0, 0.05) is 23.3 Å². The van der Waals surface area contributed by atoms with Crippen LogP contribution in [0.5, 0.6) is 5.75 Å². The zero-order valence-corrected chi connectivity index (χ0v) is 13.0. The van der Waals surface area contributed by atoms with Gasteiger partial charge >= 0.3 is 0 Å². The van der Waals surface area contributed by atoms with Crippen molar-refractivity contribution >= 4 is 27.7 Å². The summed E-state index contributed by atoms with van der Waals surface area (Å²) in [5.41, 5.74) is 3.77. The Hall–Kier alpha value is -1.39. The highest BCUT2D eigenvalue weighted by molar-refractivity contribution is 8.76. The summed E-state index contributed by atoms with van der Waals surface area (Å²) in [6, 6.07) is 10.3. The van der Waals surface area contributed by atoms with Crippen molar-refractivity contribution < 1.29 is 5.11 Å². The molecule has 0 aliphatic heterocycles. The van der Waals surface area contributed by atoms with Crippen LogP contribution in [-0.4, -0.2) is 10.1 Å². The minimum Gasteiger partial charge on any atom is -0.506 e. The van der Waals surface area contributed by atoms with E-state index in [9.17, 15) is 5.11 Å². The van der Waals surface area contributed by atoms with E-state index in [0.29, 0.717) is 5.75 Å². The van der Waals surface area contributed by atoms with Crippen LogP contribution in [0.25, 0.3) is 6.08 Å². The van der Waals surface area contributed by atoms with Crippen LogP contribution in [0.1, 0.15) is 22.4 Å². The van der Waals surface area contributed by atoms with Gasteiger partial charge in [-0.05, 0) is 18.1 Å². The second-order valence-corrected chi connectivity index (χ2v) is 6.81. The van der Waals surface area contributed by atoms with Crippen LogP contribution >= 0.6 is 21.6 Å². The molecule has 1 aromatic heterocycles. The fraction of sp³-hybridized carbons (Fsp3) is 0.188. The van der Waals surface area contributed by atoms with Gasteiger partial charge in [-0.15, -0.1) is 0 Å². The summed E-state index contributed by atoms with van der Waals surface area (Å²) in [4.78, 5) is 4.30. The molecule has 1 N–H and O–H groups in total. The minimum absolute atomic E-state index is 0.287. The van der Waals surface area contributed by atoms with E-state index in [1.165, 1.54) is 5.56 Å². The smallest absolute Gasteiger partial charge is 0.141 e. The van der Waals surface area contributed by atoms with Crippen LogP contribution in [0.4, 0.5) is 0 Å². The maximum atomic E-state index is 10.1. The summed E-state index contributed by atoms with van der Waals surface area (Å²) in [6.07, 6.45) is 3.48. The van der Waals surface area contributed by atoms with Gasteiger partial charge in [-0.2, -0.15) is 0 Å². The van der Waals surface area contributed by atoms with Gasteiger partial charge in [-0.25, -0.2) is 0 Å². The zero-order valence-electron chi connectivity index (χ0n) is 11.4. The molecule has 0 aliphatic carbocycles. The van der Waals surface area contributed by atoms with Crippen molar-refractivity contribution in [2.24, 2.45) is 0 Å². The second kappa shape index (κ2) is 7.41. The van der Waals surface area contributed by atoms with Crippen molar-refractivity contribution in [3.63, 3.8) is 0 Å². The summed E-state index contributed by atoms with van der Waals surface area (Å²) < 4.78 is 0. The molecule has 0 radical (unpaired) electrons. The predicted octanol–water partition coefficient (Wildman–Crippen LogP) is 4.82. The van der Waals surface area contributed by atoms with E-state index in [1.54, 1.807) is 33.9 Å². The minimum atomic E-state index is 0.287. The Labute approximate surface area is 127 Å². The van der Waals surface area contributed by atoms with Gasteiger partial charge in [0.05, 0.1) is 5.69 Å². The van der Waals surface area contributed by atoms with Crippen LogP contribution in [-0.2, 0) is 11.5 Å². The summed E-state index contributed by atoms with van der Waals surface area (Å²) >= 11 is 0. The molecule has 0 atom stereocenters. The average molecular weight is 303 g/mol. The van der Waals surface area contributed by atoms with Crippen molar-refractivity contribution in [2.45, 2.75) is 18.4 Å². The lowest BCUT2D eigenvalue weighted by Crippen LogP contribution is -1.92. The lowest BCUT2D eigenvalue weighted by molar-refractivity contribution is 0.462. The van der Waals surface area contributed by atoms with Gasteiger partial charge < -0.3 is 5.11 Å². The lowest BCUT2D eigenvalue weighted by Gasteiger charge is -2.08. The first-order valence-corrected chi connectivity index (χ1v) is 8.79. The molecule has 1 heterocycles. The first-order chi connectivity index (χ1) is 9.72. The van der Waals surface area contributed by atoms with Gasteiger partial charge in [0.25, 0.3) is 0 Å². The highest BCUT2D eigenvalue weighted by Gasteiger charge is 2.09. The highest BCUT2D eigenvalue weighted by atomic mass is 33.1. The standard InChI is InChI=1S/C16H17NOS2/c1-3-14-9-17-15(16(18)12(14)2)11-20-19-10-13-7-5-4-6-8-13/h3-9,18H,1,10-11H2,2H3. The highest BCUT2D eigenvalue weighted by Crippen LogP contribution is 2.33. The third-order valence-corrected chi connectivity index (χ3v) is 5.20. The van der Waals surface area contributed by atoms with E-state index >= 15 is 0 Å². The van der Waals surface area contributed by atoms with Crippen molar-refractivity contribution in [3.05, 3.63) is 65.5 Å². The Morgan fingerprint density at radius 3 is 2.60 bits per heavy atom. The van der Waals surface area contributed by atoms with Crippen molar-refractivity contribution in [1.29, 1.82) is 0 Å². The van der Waals surface area contributed by atoms with Gasteiger partial charge in [0.2, 0.25) is 0 Å². The summed E-state index contributed by atoms with van der Waals surface area (Å²) in [6.45, 7) is 5.60. The Morgan fingerprint density at radius 1 is 1.20 bits per heavy atom. The van der Waals surface area contributed by atoms with E-state index in [4.69, 9.17) is 0 Å². The SMILES string of the molecule is C=Cc1cnc(CSSCc2ccccc2)c(O)c1C. The molecule has 20 heavy (non-hydrogen) atoms. The molecule has 0 amide bonds. The predicted molar refractivity (Wildman–Crippen MR) is 89.8 cm³/mol. The Bertz CT molecular complexity index is 585. The molecule has 0 unspecified atom stereocenters. The van der Waals surface area contributed by atoms with Gasteiger partial charge in [-0.3, -0.25) is 4.98 Å². The van der Waals surface area contributed by atoms with E-state index < -0.39 is 0 Å². The maximum Gasteiger partial charge on any atom is 0.141 e. The van der Waals surface area contributed by atoms with E-state index in [1.807, 2.05) is 25.1 Å². The number of hydrogen-bond donors (Lipinski definition) is 1. The Balaban J connectivity index is 1.88. The molecule has 0 aliphatic rings. The fourth-order valence-corrected chi connectivity index (χ4v) is 3.81. The number of nitrogens with zero attached hydrogens (tertiary/aromatic N) is 1. The molecule has 104 valence electrons. The number of aromatic hydroxyl groups is 1. The Kier molecular flexibility index (Phi) is 5.56. The van der Waals surface area contributed by atoms with Crippen molar-refractivity contribution in [3.8, 4) is 5.75 Å². The van der Waals surface area contributed by atoms with Gasteiger partial charge in [-0.1, -0.05) is 64.6 Å². The Morgan fingerprint density at radius 2 is 1.90 bits per heavy atom. The third-order valence-electron chi connectivity index (χ3n) is 2.99. The molecule has 0 saturated carbocycles. The zero-order chi connectivity index (χ0) is 14.4. The normalized spacial score (nSPS) is 10.4. The molecule has 2 nitrogen and oxygen atoms in total. The van der Waals surface area contributed by atoms with E-state index in [-0.39, 0.29) is 5.75 Å². The number of aromatic nitrogens is 1. The molecule has 0 bridgehead atoms. The van der Waals surface area contributed by atoms with Crippen molar-refractivity contribution in [2.75, 3.05) is 0 Å². The second-order valence-electron chi connectivity index (χ2n) is 4.35. The van der Waals surface area contributed by atoms with Crippen LogP contribution in [0.2, 0.25) is 0 Å². The third kappa shape index (κ3) is 3.81. The lowest BCUT2D eigenvalue weighted by atomic mass is 10.1. The van der Waals surface area contributed by atoms with Crippen LogP contribution < -0.4 is 0 Å². The quantitative estimate of drug-likeness (QED) is 0.612. The molecular formula is C16H17NOS2. The maximum absolute atomic E-state index is 10.1. The van der Waals surface area contributed by atoms with Gasteiger partial charge in [0.15, 0.2) is 0 Å². The monoisotopic (exact) mass is 303 g/mol. The summed E-state index contributed by atoms with van der Waals surface area (Å²) in [7, 11) is 3.48. The molecule has 2 rings (SSSR count). The molecule has 0 spiro atoms. The molecular weight excluding hydrogens is 286 g/mol. The fourth-order valence-electron chi connectivity index (χ4n) is 1.75. The molecule has 4 heteroatoms. The summed E-state index contributed by atoms with van der Waals surface area (Å²) in [5, 5.41) is 10.1. The number of pyridine rings is 1. The first kappa shape index (κ1) is 15.0. The van der Waals surface area contributed by atoms with Crippen LogP contribution in [0.15, 0.2) is 43.1 Å². The van der Waals surface area contributed by atoms with E-state index in [0.717, 1.165) is 22.6 Å². The first-order valence-electron chi connectivity index (χ1n) is 6.30. The topological polar surface area (TPSA) is 33.1 Å². The molecule has 0 fully saturated rings.